The van der Waals surface area contributed by atoms with Gasteiger partial charge in [0.25, 0.3) is 12.0 Å². The molecule has 3 aromatic rings. The molecule has 5 N–H and O–H groups in total. The number of benzene rings is 1. The van der Waals surface area contributed by atoms with E-state index in [0.29, 0.717) is 27.9 Å². The lowest BCUT2D eigenvalue weighted by atomic mass is 9.99. The molecule has 1 atom stereocenters. The summed E-state index contributed by atoms with van der Waals surface area (Å²) in [5.74, 6) is -0.589. The summed E-state index contributed by atoms with van der Waals surface area (Å²) in [6.45, 7) is 1.88. The van der Waals surface area contributed by atoms with Gasteiger partial charge in [-0.3, -0.25) is 9.59 Å². The molecule has 1 aliphatic heterocycles. The highest BCUT2D eigenvalue weighted by atomic mass is 19.1. The summed E-state index contributed by atoms with van der Waals surface area (Å²) in [4.78, 5) is 28.2. The number of nitrogen functional groups attached to an aromatic ring is 1. The lowest BCUT2D eigenvalue weighted by Crippen LogP contribution is -2.26. The zero-order valence-corrected chi connectivity index (χ0v) is 15.6. The molecule has 0 saturated carbocycles. The normalized spacial score (nSPS) is 13.2. The SMILES string of the molecule is CC(O)c1cc2n(c(=O)c1COC=O)Cc1c-2nc2cc(F)c(N)cc2c1CN. The Bertz CT molecular complexity index is 1220. The molecule has 1 aliphatic rings. The number of pyridine rings is 2. The molecule has 29 heavy (non-hydrogen) atoms. The van der Waals surface area contributed by atoms with E-state index in [9.17, 15) is 19.1 Å². The van der Waals surface area contributed by atoms with Gasteiger partial charge in [0, 0.05) is 23.6 Å². The van der Waals surface area contributed by atoms with E-state index in [2.05, 4.69) is 4.98 Å². The van der Waals surface area contributed by atoms with E-state index < -0.39 is 17.5 Å². The first-order chi connectivity index (χ1) is 13.9. The second-order valence-electron chi connectivity index (χ2n) is 6.95. The number of fused-ring (bicyclic) bond motifs is 4. The van der Waals surface area contributed by atoms with E-state index in [1.165, 1.54) is 23.6 Å². The predicted octanol–water partition coefficient (Wildman–Crippen LogP) is 1.33. The number of halogens is 1. The van der Waals surface area contributed by atoms with Gasteiger partial charge >= 0.3 is 0 Å². The molecule has 4 rings (SSSR count). The fourth-order valence-corrected chi connectivity index (χ4v) is 3.88. The summed E-state index contributed by atoms with van der Waals surface area (Å²) >= 11 is 0. The molecule has 9 heteroatoms. The van der Waals surface area contributed by atoms with Crippen LogP contribution in [-0.2, 0) is 29.2 Å². The fourth-order valence-electron chi connectivity index (χ4n) is 3.88. The Morgan fingerprint density at radius 2 is 2.14 bits per heavy atom. The van der Waals surface area contributed by atoms with Crippen LogP contribution in [0.2, 0.25) is 0 Å². The second kappa shape index (κ2) is 6.94. The first-order valence-electron chi connectivity index (χ1n) is 8.98. The van der Waals surface area contributed by atoms with Crippen molar-refractivity contribution < 1.29 is 19.0 Å². The molecule has 2 aromatic heterocycles. The minimum Gasteiger partial charge on any atom is -0.463 e. The van der Waals surface area contributed by atoms with Gasteiger partial charge in [-0.2, -0.15) is 0 Å². The fraction of sp³-hybridized carbons (Fsp3) is 0.250. The molecule has 0 amide bonds. The lowest BCUT2D eigenvalue weighted by Gasteiger charge is -2.14. The number of hydrogen-bond acceptors (Lipinski definition) is 7. The molecule has 0 saturated heterocycles. The van der Waals surface area contributed by atoms with Crippen molar-refractivity contribution in [3.05, 3.63) is 56.6 Å². The van der Waals surface area contributed by atoms with Gasteiger partial charge in [0.1, 0.15) is 12.4 Å². The Hall–Kier alpha value is -3.30. The van der Waals surface area contributed by atoms with E-state index in [1.807, 2.05) is 0 Å². The van der Waals surface area contributed by atoms with Crippen molar-refractivity contribution in [2.24, 2.45) is 5.73 Å². The molecule has 1 aromatic carbocycles. The van der Waals surface area contributed by atoms with Gasteiger partial charge < -0.3 is 25.9 Å². The van der Waals surface area contributed by atoms with Crippen molar-refractivity contribution in [3.63, 3.8) is 0 Å². The molecule has 150 valence electrons. The van der Waals surface area contributed by atoms with E-state index >= 15 is 0 Å². The summed E-state index contributed by atoms with van der Waals surface area (Å²) in [5.41, 5.74) is 14.7. The summed E-state index contributed by atoms with van der Waals surface area (Å²) in [6.07, 6.45) is -0.963. The number of aliphatic hydroxyl groups is 1. The first kappa shape index (κ1) is 19.0. The van der Waals surface area contributed by atoms with Gasteiger partial charge in [0.15, 0.2) is 0 Å². The van der Waals surface area contributed by atoms with Crippen molar-refractivity contribution >= 4 is 23.1 Å². The van der Waals surface area contributed by atoms with Crippen LogP contribution in [0.4, 0.5) is 10.1 Å². The molecule has 8 nitrogen and oxygen atoms in total. The van der Waals surface area contributed by atoms with E-state index in [4.69, 9.17) is 16.2 Å². The number of aromatic nitrogens is 2. The number of carbonyl (C=O) groups is 1. The number of aliphatic hydroxyl groups excluding tert-OH is 1. The minimum atomic E-state index is -0.963. The highest BCUT2D eigenvalue weighted by molar-refractivity contribution is 5.90. The third kappa shape index (κ3) is 2.86. The van der Waals surface area contributed by atoms with Crippen LogP contribution >= 0.6 is 0 Å². The highest BCUT2D eigenvalue weighted by Gasteiger charge is 2.29. The standard InChI is InChI=1S/C20H19FN4O4/c1-9(27)10-3-18-19-13(6-25(18)20(28)14(10)7-29-8-26)12(5-22)11-2-16(23)15(21)4-17(11)24-19/h2-4,8-9,27H,5-7,22-23H2,1H3. The van der Waals surface area contributed by atoms with Crippen LogP contribution in [0.1, 0.15) is 35.3 Å². The highest BCUT2D eigenvalue weighted by Crippen LogP contribution is 2.37. The van der Waals surface area contributed by atoms with E-state index in [-0.39, 0.29) is 37.4 Å². The Morgan fingerprint density at radius 1 is 1.38 bits per heavy atom. The molecule has 0 spiro atoms. The number of ether oxygens (including phenoxy) is 1. The van der Waals surface area contributed by atoms with Crippen molar-refractivity contribution in [3.8, 4) is 11.4 Å². The number of anilines is 1. The topological polar surface area (TPSA) is 133 Å². The van der Waals surface area contributed by atoms with Gasteiger partial charge in [-0.25, -0.2) is 9.37 Å². The number of hydrogen-bond donors (Lipinski definition) is 3. The first-order valence-corrected chi connectivity index (χ1v) is 8.98. The molecule has 0 radical (unpaired) electrons. The van der Waals surface area contributed by atoms with Gasteiger partial charge in [-0.05, 0) is 30.2 Å². The summed E-state index contributed by atoms with van der Waals surface area (Å²) in [7, 11) is 0. The number of rotatable bonds is 5. The monoisotopic (exact) mass is 398 g/mol. The van der Waals surface area contributed by atoms with Crippen LogP contribution in [0.15, 0.2) is 23.0 Å². The molecule has 0 fully saturated rings. The molecule has 1 unspecified atom stereocenters. The predicted molar refractivity (Wildman–Crippen MR) is 104 cm³/mol. The smallest absolute Gasteiger partial charge is 0.293 e. The average Bonchev–Trinajstić information content (AvgIpc) is 3.05. The van der Waals surface area contributed by atoms with Crippen molar-refractivity contribution in [2.45, 2.75) is 32.7 Å². The maximum atomic E-state index is 14.0. The van der Waals surface area contributed by atoms with Crippen LogP contribution in [0.3, 0.4) is 0 Å². The second-order valence-corrected chi connectivity index (χ2v) is 6.95. The molecule has 3 heterocycles. The van der Waals surface area contributed by atoms with Crippen molar-refractivity contribution in [1.82, 2.24) is 9.55 Å². The van der Waals surface area contributed by atoms with E-state index in [1.54, 1.807) is 6.07 Å². The third-order valence-corrected chi connectivity index (χ3v) is 5.27. The van der Waals surface area contributed by atoms with Crippen LogP contribution in [0.5, 0.6) is 0 Å². The molecule has 0 aliphatic carbocycles. The Balaban J connectivity index is 2.02. The molecular formula is C20H19FN4O4. The summed E-state index contributed by atoms with van der Waals surface area (Å²) in [6, 6.07) is 4.39. The zero-order chi connectivity index (χ0) is 20.9. The van der Waals surface area contributed by atoms with E-state index in [0.717, 1.165) is 11.1 Å². The summed E-state index contributed by atoms with van der Waals surface area (Å²) in [5, 5.41) is 10.8. The maximum Gasteiger partial charge on any atom is 0.293 e. The largest absolute Gasteiger partial charge is 0.463 e. The van der Waals surface area contributed by atoms with Gasteiger partial charge in [0.05, 0.1) is 40.8 Å². The zero-order valence-electron chi connectivity index (χ0n) is 15.6. The average molecular weight is 398 g/mol. The minimum absolute atomic E-state index is 0.00804. The quantitative estimate of drug-likeness (QED) is 0.341. The van der Waals surface area contributed by atoms with Crippen molar-refractivity contribution in [1.29, 1.82) is 0 Å². The number of carbonyl (C=O) groups excluding carboxylic acids is 1. The van der Waals surface area contributed by atoms with Crippen molar-refractivity contribution in [2.75, 3.05) is 5.73 Å². The molecular weight excluding hydrogens is 379 g/mol. The Labute approximate surface area is 164 Å². The number of nitrogens with two attached hydrogens (primary N) is 2. The van der Waals surface area contributed by atoms with Crippen LogP contribution in [0.25, 0.3) is 22.3 Å². The van der Waals surface area contributed by atoms with Gasteiger partial charge in [0.2, 0.25) is 0 Å². The Morgan fingerprint density at radius 3 is 2.79 bits per heavy atom. The van der Waals surface area contributed by atoms with Crippen LogP contribution < -0.4 is 17.0 Å². The summed E-state index contributed by atoms with van der Waals surface area (Å²) < 4.78 is 20.3. The van der Waals surface area contributed by atoms with Gasteiger partial charge in [-0.1, -0.05) is 0 Å². The lowest BCUT2D eigenvalue weighted by molar-refractivity contribution is -0.129. The van der Waals surface area contributed by atoms with Crippen LogP contribution in [0, 0.1) is 5.82 Å². The molecule has 0 bridgehead atoms. The number of nitrogens with zero attached hydrogens (tertiary/aromatic N) is 2. The maximum absolute atomic E-state index is 14.0. The van der Waals surface area contributed by atoms with Crippen LogP contribution in [-0.4, -0.2) is 21.1 Å². The van der Waals surface area contributed by atoms with Gasteiger partial charge in [-0.15, -0.1) is 0 Å². The Kier molecular flexibility index (Phi) is 4.56. The third-order valence-electron chi connectivity index (χ3n) is 5.27.